The van der Waals surface area contributed by atoms with Crippen LogP contribution in [0.4, 0.5) is 0 Å². The summed E-state index contributed by atoms with van der Waals surface area (Å²) in [5.74, 6) is 2.29. The number of rotatable bonds is 6. The van der Waals surface area contributed by atoms with Crippen LogP contribution in [-0.4, -0.2) is 0 Å². The van der Waals surface area contributed by atoms with Crippen molar-refractivity contribution in [2.24, 2.45) is 0 Å². The van der Waals surface area contributed by atoms with E-state index in [0.717, 1.165) is 17.9 Å². The predicted octanol–water partition coefficient (Wildman–Crippen LogP) is 4.58. The van der Waals surface area contributed by atoms with Crippen molar-refractivity contribution in [3.05, 3.63) is 48.3 Å². The second-order valence-corrected chi connectivity index (χ2v) is 4.08. The van der Waals surface area contributed by atoms with E-state index in [4.69, 9.17) is 8.83 Å². The average Bonchev–Trinajstić information content (AvgIpc) is 2.97. The lowest BCUT2D eigenvalue weighted by Crippen LogP contribution is -1.98. The Morgan fingerprint density at radius 2 is 1.62 bits per heavy atom. The summed E-state index contributed by atoms with van der Waals surface area (Å²) in [5.41, 5.74) is 0. The fourth-order valence-electron chi connectivity index (χ4n) is 2.00. The van der Waals surface area contributed by atoms with Crippen LogP contribution in [-0.2, 0) is 0 Å². The molecule has 0 amide bonds. The van der Waals surface area contributed by atoms with Gasteiger partial charge in [0.2, 0.25) is 0 Å². The molecule has 16 heavy (non-hydrogen) atoms. The van der Waals surface area contributed by atoms with Gasteiger partial charge in [0.15, 0.2) is 0 Å². The normalized spacial score (nSPS) is 11.1. The highest BCUT2D eigenvalue weighted by molar-refractivity contribution is 5.18. The van der Waals surface area contributed by atoms with Gasteiger partial charge in [-0.15, -0.1) is 0 Å². The van der Waals surface area contributed by atoms with Crippen molar-refractivity contribution in [3.8, 4) is 0 Å². The molecule has 2 aromatic heterocycles. The van der Waals surface area contributed by atoms with Gasteiger partial charge in [0.25, 0.3) is 0 Å². The molecule has 0 spiro atoms. The molecule has 0 atom stereocenters. The first-order valence-electron chi connectivity index (χ1n) is 5.98. The zero-order valence-corrected chi connectivity index (χ0v) is 9.69. The molecule has 86 valence electrons. The third-order valence-corrected chi connectivity index (χ3v) is 2.87. The van der Waals surface area contributed by atoms with Crippen molar-refractivity contribution in [2.45, 2.75) is 38.5 Å². The Morgan fingerprint density at radius 3 is 2.06 bits per heavy atom. The van der Waals surface area contributed by atoms with Gasteiger partial charge in [-0.2, -0.15) is 0 Å². The predicted molar refractivity (Wildman–Crippen MR) is 63.4 cm³/mol. The minimum Gasteiger partial charge on any atom is -0.469 e. The Hall–Kier alpha value is -1.44. The number of unbranched alkanes of at least 4 members (excludes halogenated alkanes) is 2. The van der Waals surface area contributed by atoms with Crippen LogP contribution in [0, 0.1) is 0 Å². The van der Waals surface area contributed by atoms with Crippen LogP contribution in [0.1, 0.15) is 50.0 Å². The lowest BCUT2D eigenvalue weighted by atomic mass is 9.96. The van der Waals surface area contributed by atoms with E-state index in [1.165, 1.54) is 19.3 Å². The molecule has 0 aromatic carbocycles. The summed E-state index contributed by atoms with van der Waals surface area (Å²) in [6.07, 6.45) is 8.26. The first-order valence-corrected chi connectivity index (χ1v) is 5.98. The van der Waals surface area contributed by atoms with E-state index in [0.29, 0.717) is 0 Å². The average molecular weight is 218 g/mol. The third kappa shape index (κ3) is 2.57. The minimum absolute atomic E-state index is 0.275. The van der Waals surface area contributed by atoms with Crippen molar-refractivity contribution in [1.82, 2.24) is 0 Å². The van der Waals surface area contributed by atoms with Gasteiger partial charge >= 0.3 is 0 Å². The summed E-state index contributed by atoms with van der Waals surface area (Å²) < 4.78 is 11.0. The van der Waals surface area contributed by atoms with Crippen LogP contribution >= 0.6 is 0 Å². The van der Waals surface area contributed by atoms with Gasteiger partial charge in [-0.25, -0.2) is 0 Å². The lowest BCUT2D eigenvalue weighted by molar-refractivity contribution is 0.407. The van der Waals surface area contributed by atoms with Gasteiger partial charge in [-0.05, 0) is 30.7 Å². The first kappa shape index (κ1) is 11.1. The molecule has 0 saturated heterocycles. The van der Waals surface area contributed by atoms with Gasteiger partial charge < -0.3 is 8.83 Å². The Bertz CT molecular complexity index is 339. The molecule has 0 fully saturated rings. The number of hydrogen-bond acceptors (Lipinski definition) is 2. The Morgan fingerprint density at radius 1 is 1.00 bits per heavy atom. The van der Waals surface area contributed by atoms with Crippen molar-refractivity contribution in [2.75, 3.05) is 0 Å². The number of furan rings is 2. The fourth-order valence-corrected chi connectivity index (χ4v) is 2.00. The smallest absolute Gasteiger partial charge is 0.114 e. The highest BCUT2D eigenvalue weighted by Gasteiger charge is 2.18. The van der Waals surface area contributed by atoms with Crippen LogP contribution in [0.25, 0.3) is 0 Å². The molecule has 0 aliphatic rings. The summed E-state index contributed by atoms with van der Waals surface area (Å²) >= 11 is 0. The van der Waals surface area contributed by atoms with E-state index in [1.807, 2.05) is 24.3 Å². The molecule has 0 saturated carbocycles. The fraction of sp³-hybridized carbons (Fsp3) is 0.429. The maximum atomic E-state index is 5.49. The quantitative estimate of drug-likeness (QED) is 0.663. The maximum absolute atomic E-state index is 5.49. The summed E-state index contributed by atoms with van der Waals surface area (Å²) in [4.78, 5) is 0. The molecule has 0 radical (unpaired) electrons. The molecular formula is C14H18O2. The topological polar surface area (TPSA) is 26.3 Å². The molecular weight excluding hydrogens is 200 g/mol. The Labute approximate surface area is 96.3 Å². The molecule has 2 heteroatoms. The largest absolute Gasteiger partial charge is 0.469 e. The van der Waals surface area contributed by atoms with Crippen molar-refractivity contribution < 1.29 is 8.83 Å². The van der Waals surface area contributed by atoms with E-state index >= 15 is 0 Å². The maximum Gasteiger partial charge on any atom is 0.114 e. The molecule has 2 aromatic rings. The molecule has 2 nitrogen and oxygen atoms in total. The molecule has 0 aliphatic carbocycles. The standard InChI is InChI=1S/C14H18O2/c1-2-3-4-7-12(13-8-5-10-15-13)14-9-6-11-16-14/h5-6,8-12H,2-4,7H2,1H3. The zero-order chi connectivity index (χ0) is 11.2. The molecule has 2 heterocycles. The second-order valence-electron chi connectivity index (χ2n) is 4.08. The minimum atomic E-state index is 0.275. The van der Waals surface area contributed by atoms with Crippen LogP contribution in [0.3, 0.4) is 0 Å². The monoisotopic (exact) mass is 218 g/mol. The number of hydrogen-bond donors (Lipinski definition) is 0. The SMILES string of the molecule is CCCCCC(c1ccco1)c1ccco1. The zero-order valence-electron chi connectivity index (χ0n) is 9.69. The molecule has 0 unspecified atom stereocenters. The first-order chi connectivity index (χ1) is 7.92. The summed E-state index contributed by atoms with van der Waals surface area (Å²) in [6.45, 7) is 2.22. The van der Waals surface area contributed by atoms with E-state index in [9.17, 15) is 0 Å². The summed E-state index contributed by atoms with van der Waals surface area (Å²) in [5, 5.41) is 0. The van der Waals surface area contributed by atoms with Crippen LogP contribution in [0.5, 0.6) is 0 Å². The third-order valence-electron chi connectivity index (χ3n) is 2.87. The summed E-state index contributed by atoms with van der Waals surface area (Å²) in [6, 6.07) is 7.93. The van der Waals surface area contributed by atoms with Gasteiger partial charge in [0.1, 0.15) is 11.5 Å². The molecule has 0 aliphatic heterocycles. The van der Waals surface area contributed by atoms with E-state index < -0.39 is 0 Å². The molecule has 0 bridgehead atoms. The van der Waals surface area contributed by atoms with Crippen molar-refractivity contribution in [3.63, 3.8) is 0 Å². The van der Waals surface area contributed by atoms with Gasteiger partial charge in [-0.3, -0.25) is 0 Å². The molecule has 0 N–H and O–H groups in total. The highest BCUT2D eigenvalue weighted by Crippen LogP contribution is 2.30. The van der Waals surface area contributed by atoms with E-state index in [1.54, 1.807) is 12.5 Å². The molecule has 2 rings (SSSR count). The van der Waals surface area contributed by atoms with Crippen molar-refractivity contribution in [1.29, 1.82) is 0 Å². The van der Waals surface area contributed by atoms with E-state index in [2.05, 4.69) is 6.92 Å². The highest BCUT2D eigenvalue weighted by atomic mass is 16.3. The summed E-state index contributed by atoms with van der Waals surface area (Å²) in [7, 11) is 0. The Balaban J connectivity index is 2.08. The van der Waals surface area contributed by atoms with Crippen LogP contribution < -0.4 is 0 Å². The second kappa shape index (κ2) is 5.59. The van der Waals surface area contributed by atoms with Gasteiger partial charge in [0, 0.05) is 0 Å². The van der Waals surface area contributed by atoms with Gasteiger partial charge in [0.05, 0.1) is 18.4 Å². The van der Waals surface area contributed by atoms with Crippen LogP contribution in [0.15, 0.2) is 45.6 Å². The lowest BCUT2D eigenvalue weighted by Gasteiger charge is -2.11. The van der Waals surface area contributed by atoms with Gasteiger partial charge in [-0.1, -0.05) is 26.2 Å². The van der Waals surface area contributed by atoms with E-state index in [-0.39, 0.29) is 5.92 Å². The van der Waals surface area contributed by atoms with Crippen LogP contribution in [0.2, 0.25) is 0 Å². The van der Waals surface area contributed by atoms with Crippen molar-refractivity contribution >= 4 is 0 Å². The Kier molecular flexibility index (Phi) is 3.86.